The molecule has 0 saturated heterocycles. The van der Waals surface area contributed by atoms with Crippen LogP contribution in [-0.2, 0) is 6.42 Å². The largest absolute Gasteiger partial charge is 0.221 e. The van der Waals surface area contributed by atoms with Gasteiger partial charge in [0.15, 0.2) is 0 Å². The molecule has 0 saturated carbocycles. The van der Waals surface area contributed by atoms with E-state index in [1.54, 1.807) is 11.0 Å². The molecule has 0 spiro atoms. The van der Waals surface area contributed by atoms with E-state index in [9.17, 15) is 0 Å². The van der Waals surface area contributed by atoms with Gasteiger partial charge in [0.05, 0.1) is 5.69 Å². The summed E-state index contributed by atoms with van der Waals surface area (Å²) in [7, 11) is 0. The zero-order valence-corrected chi connectivity index (χ0v) is 8.44. The molecular formula is C11H13N3. The fourth-order valence-electron chi connectivity index (χ4n) is 1.35. The Bertz CT molecular complexity index is 414. The SMILES string of the molecule is CCc1ccc(-n2cnc(C)n2)cc1. The molecule has 3 heteroatoms. The lowest BCUT2D eigenvalue weighted by Crippen LogP contribution is -1.94. The van der Waals surface area contributed by atoms with Crippen LogP contribution in [0.2, 0.25) is 0 Å². The van der Waals surface area contributed by atoms with Crippen molar-refractivity contribution in [3.05, 3.63) is 42.0 Å². The lowest BCUT2D eigenvalue weighted by atomic mass is 10.1. The Morgan fingerprint density at radius 3 is 2.43 bits per heavy atom. The van der Waals surface area contributed by atoms with Crippen molar-refractivity contribution in [1.82, 2.24) is 14.8 Å². The molecule has 1 aromatic carbocycles. The molecule has 0 fully saturated rings. The molecule has 1 heterocycles. The van der Waals surface area contributed by atoms with Crippen LogP contribution in [0.15, 0.2) is 30.6 Å². The van der Waals surface area contributed by atoms with Crippen LogP contribution in [0.1, 0.15) is 18.3 Å². The van der Waals surface area contributed by atoms with E-state index in [2.05, 4.69) is 41.3 Å². The fourth-order valence-corrected chi connectivity index (χ4v) is 1.35. The van der Waals surface area contributed by atoms with Crippen molar-refractivity contribution in [3.63, 3.8) is 0 Å². The van der Waals surface area contributed by atoms with Crippen molar-refractivity contribution in [2.24, 2.45) is 0 Å². The lowest BCUT2D eigenvalue weighted by molar-refractivity contribution is 0.861. The van der Waals surface area contributed by atoms with E-state index in [0.29, 0.717) is 0 Å². The van der Waals surface area contributed by atoms with Crippen LogP contribution in [-0.4, -0.2) is 14.8 Å². The smallest absolute Gasteiger partial charge is 0.147 e. The number of aryl methyl sites for hydroxylation is 2. The van der Waals surface area contributed by atoms with E-state index in [0.717, 1.165) is 17.9 Å². The minimum atomic E-state index is 0.796. The van der Waals surface area contributed by atoms with Crippen molar-refractivity contribution in [1.29, 1.82) is 0 Å². The Morgan fingerprint density at radius 2 is 1.93 bits per heavy atom. The van der Waals surface area contributed by atoms with Crippen molar-refractivity contribution < 1.29 is 0 Å². The number of aromatic nitrogens is 3. The summed E-state index contributed by atoms with van der Waals surface area (Å²) in [6.07, 6.45) is 2.80. The molecule has 0 unspecified atom stereocenters. The summed E-state index contributed by atoms with van der Waals surface area (Å²) in [5.74, 6) is 0.796. The molecule has 0 aliphatic carbocycles. The molecule has 0 amide bonds. The van der Waals surface area contributed by atoms with Crippen LogP contribution in [0.25, 0.3) is 5.69 Å². The molecule has 0 aliphatic heterocycles. The van der Waals surface area contributed by atoms with E-state index >= 15 is 0 Å². The van der Waals surface area contributed by atoms with Crippen LogP contribution in [0.4, 0.5) is 0 Å². The first-order chi connectivity index (χ1) is 6.79. The summed E-state index contributed by atoms with van der Waals surface area (Å²) < 4.78 is 1.79. The number of rotatable bonds is 2. The molecule has 3 nitrogen and oxygen atoms in total. The zero-order valence-electron chi connectivity index (χ0n) is 8.44. The maximum absolute atomic E-state index is 4.24. The summed E-state index contributed by atoms with van der Waals surface area (Å²) in [6.45, 7) is 4.03. The van der Waals surface area contributed by atoms with Crippen LogP contribution < -0.4 is 0 Å². The Balaban J connectivity index is 2.33. The van der Waals surface area contributed by atoms with Crippen LogP contribution in [0.5, 0.6) is 0 Å². The van der Waals surface area contributed by atoms with Crippen LogP contribution >= 0.6 is 0 Å². The standard InChI is InChI=1S/C11H13N3/c1-3-10-4-6-11(7-5-10)14-8-12-9(2)13-14/h4-8H,3H2,1-2H3. The molecule has 1 aromatic heterocycles. The van der Waals surface area contributed by atoms with Gasteiger partial charge in [0.2, 0.25) is 0 Å². The highest BCUT2D eigenvalue weighted by atomic mass is 15.3. The van der Waals surface area contributed by atoms with Crippen molar-refractivity contribution >= 4 is 0 Å². The molecule has 0 radical (unpaired) electrons. The maximum Gasteiger partial charge on any atom is 0.147 e. The molecule has 14 heavy (non-hydrogen) atoms. The van der Waals surface area contributed by atoms with E-state index in [4.69, 9.17) is 0 Å². The predicted molar refractivity (Wildman–Crippen MR) is 55.5 cm³/mol. The van der Waals surface area contributed by atoms with Crippen molar-refractivity contribution in [3.8, 4) is 5.69 Å². The topological polar surface area (TPSA) is 30.7 Å². The van der Waals surface area contributed by atoms with Gasteiger partial charge in [-0.1, -0.05) is 19.1 Å². The number of nitrogens with zero attached hydrogens (tertiary/aromatic N) is 3. The van der Waals surface area contributed by atoms with Gasteiger partial charge in [0.1, 0.15) is 12.2 Å². The van der Waals surface area contributed by atoms with Crippen molar-refractivity contribution in [2.75, 3.05) is 0 Å². The summed E-state index contributed by atoms with van der Waals surface area (Å²) in [6, 6.07) is 8.36. The fraction of sp³-hybridized carbons (Fsp3) is 0.273. The van der Waals surface area contributed by atoms with Gasteiger partial charge in [-0.15, -0.1) is 0 Å². The maximum atomic E-state index is 4.24. The summed E-state index contributed by atoms with van der Waals surface area (Å²) in [5.41, 5.74) is 2.40. The normalized spacial score (nSPS) is 10.4. The Kier molecular flexibility index (Phi) is 2.31. The van der Waals surface area contributed by atoms with Gasteiger partial charge in [0, 0.05) is 0 Å². The summed E-state index contributed by atoms with van der Waals surface area (Å²) >= 11 is 0. The van der Waals surface area contributed by atoms with E-state index in [-0.39, 0.29) is 0 Å². The highest BCUT2D eigenvalue weighted by Gasteiger charge is 1.98. The third kappa shape index (κ3) is 1.66. The first-order valence-electron chi connectivity index (χ1n) is 4.77. The second-order valence-corrected chi connectivity index (χ2v) is 3.26. The third-order valence-corrected chi connectivity index (χ3v) is 2.22. The second-order valence-electron chi connectivity index (χ2n) is 3.26. The summed E-state index contributed by atoms with van der Waals surface area (Å²) in [5, 5.41) is 4.24. The number of hydrogen-bond donors (Lipinski definition) is 0. The number of hydrogen-bond acceptors (Lipinski definition) is 2. The average Bonchev–Trinajstić information content (AvgIpc) is 2.65. The lowest BCUT2D eigenvalue weighted by Gasteiger charge is -2.01. The molecular weight excluding hydrogens is 174 g/mol. The van der Waals surface area contributed by atoms with Gasteiger partial charge in [0.25, 0.3) is 0 Å². The second kappa shape index (κ2) is 3.62. The Labute approximate surface area is 83.4 Å². The number of benzene rings is 1. The van der Waals surface area contributed by atoms with Crippen molar-refractivity contribution in [2.45, 2.75) is 20.3 Å². The predicted octanol–water partition coefficient (Wildman–Crippen LogP) is 2.14. The molecule has 2 aromatic rings. The van der Waals surface area contributed by atoms with E-state index in [1.165, 1.54) is 5.56 Å². The summed E-state index contributed by atoms with van der Waals surface area (Å²) in [4.78, 5) is 4.09. The van der Waals surface area contributed by atoms with E-state index in [1.807, 2.05) is 6.92 Å². The first kappa shape index (κ1) is 8.94. The Hall–Kier alpha value is -1.64. The molecule has 0 bridgehead atoms. The molecule has 2 rings (SSSR count). The average molecular weight is 187 g/mol. The quantitative estimate of drug-likeness (QED) is 0.721. The van der Waals surface area contributed by atoms with Gasteiger partial charge in [-0.05, 0) is 31.0 Å². The third-order valence-electron chi connectivity index (χ3n) is 2.22. The molecule has 0 N–H and O–H groups in total. The molecule has 0 atom stereocenters. The van der Waals surface area contributed by atoms with Gasteiger partial charge < -0.3 is 0 Å². The van der Waals surface area contributed by atoms with Gasteiger partial charge in [-0.25, -0.2) is 9.67 Å². The van der Waals surface area contributed by atoms with Gasteiger partial charge in [-0.3, -0.25) is 0 Å². The Morgan fingerprint density at radius 1 is 1.21 bits per heavy atom. The molecule has 0 aliphatic rings. The molecule has 72 valence electrons. The highest BCUT2D eigenvalue weighted by Crippen LogP contribution is 2.08. The van der Waals surface area contributed by atoms with Gasteiger partial charge >= 0.3 is 0 Å². The zero-order chi connectivity index (χ0) is 9.97. The van der Waals surface area contributed by atoms with Crippen LogP contribution in [0, 0.1) is 6.92 Å². The monoisotopic (exact) mass is 187 g/mol. The van der Waals surface area contributed by atoms with Gasteiger partial charge in [-0.2, -0.15) is 5.10 Å². The first-order valence-corrected chi connectivity index (χ1v) is 4.77. The minimum absolute atomic E-state index is 0.796. The minimum Gasteiger partial charge on any atom is -0.221 e. The van der Waals surface area contributed by atoms with E-state index < -0.39 is 0 Å². The highest BCUT2D eigenvalue weighted by molar-refractivity contribution is 5.33. The van der Waals surface area contributed by atoms with Crippen LogP contribution in [0.3, 0.4) is 0 Å².